The second kappa shape index (κ2) is 18.6. The number of aryl methyl sites for hydroxylation is 4. The Morgan fingerprint density at radius 3 is 1.20 bits per heavy atom. The molecule has 6 heterocycles. The van der Waals surface area contributed by atoms with Crippen LogP contribution in [0.15, 0.2) is 158 Å². The van der Waals surface area contributed by atoms with E-state index >= 15 is 0 Å². The maximum atomic E-state index is 7.87. The van der Waals surface area contributed by atoms with Gasteiger partial charge in [0, 0.05) is 67.1 Å². The van der Waals surface area contributed by atoms with Crippen molar-refractivity contribution in [2.75, 3.05) is 4.90 Å². The Bertz CT molecular complexity index is 5120. The molecule has 0 spiro atoms. The molecular formula is C84H83B2N3O. The Morgan fingerprint density at radius 2 is 0.733 bits per heavy atom. The van der Waals surface area contributed by atoms with E-state index in [-0.39, 0.29) is 40.5 Å². The van der Waals surface area contributed by atoms with Crippen LogP contribution in [0.1, 0.15) is 154 Å². The first-order valence-electron chi connectivity index (χ1n) is 33.0. The predicted octanol–water partition coefficient (Wildman–Crippen LogP) is 18.5. The molecule has 0 saturated heterocycles. The van der Waals surface area contributed by atoms with Gasteiger partial charge in [0.15, 0.2) is 0 Å². The number of hydrogen-bond acceptors (Lipinski definition) is 2. The van der Waals surface area contributed by atoms with E-state index in [1.807, 2.05) is 0 Å². The summed E-state index contributed by atoms with van der Waals surface area (Å²) in [6.07, 6.45) is 0. The van der Waals surface area contributed by atoms with Gasteiger partial charge in [-0.2, -0.15) is 0 Å². The third-order valence-electron chi connectivity index (χ3n) is 21.2. The fraction of sp³-hybridized carbons (Fsp3) is 0.286. The largest absolute Gasteiger partial charge is 0.458 e. The Morgan fingerprint density at radius 1 is 0.322 bits per heavy atom. The topological polar surface area (TPSA) is 22.3 Å². The second-order valence-electron chi connectivity index (χ2n) is 32.5. The van der Waals surface area contributed by atoms with Crippen LogP contribution in [-0.4, -0.2) is 22.6 Å². The van der Waals surface area contributed by atoms with E-state index in [1.54, 1.807) is 0 Å². The van der Waals surface area contributed by atoms with Gasteiger partial charge in [-0.15, -0.1) is 0 Å². The summed E-state index contributed by atoms with van der Waals surface area (Å²) in [6.45, 7) is 44.2. The maximum Gasteiger partial charge on any atom is 0.256 e. The van der Waals surface area contributed by atoms with Crippen molar-refractivity contribution in [3.63, 3.8) is 0 Å². The van der Waals surface area contributed by atoms with Gasteiger partial charge >= 0.3 is 0 Å². The molecule has 0 aliphatic carbocycles. The number of aromatic nitrogens is 2. The molecule has 90 heavy (non-hydrogen) atoms. The second-order valence-corrected chi connectivity index (χ2v) is 32.5. The number of anilines is 3. The summed E-state index contributed by atoms with van der Waals surface area (Å²) in [5, 5.41) is 5.24. The van der Waals surface area contributed by atoms with Gasteiger partial charge in [-0.1, -0.05) is 183 Å². The Balaban J connectivity index is 1.07. The van der Waals surface area contributed by atoms with Crippen LogP contribution in [0.3, 0.4) is 0 Å². The van der Waals surface area contributed by atoms with Crippen molar-refractivity contribution < 1.29 is 4.74 Å². The smallest absolute Gasteiger partial charge is 0.256 e. The average molecular weight is 1170 g/mol. The number of rotatable bonds is 3. The molecule has 0 N–H and O–H groups in total. The molecule has 0 bridgehead atoms. The molecule has 2 aromatic heterocycles. The quantitative estimate of drug-likeness (QED) is 0.165. The van der Waals surface area contributed by atoms with Gasteiger partial charge in [0.1, 0.15) is 11.5 Å². The number of fused-ring (bicyclic) bond motifs is 14. The molecule has 6 heteroatoms. The Labute approximate surface area is 534 Å². The fourth-order valence-electron chi connectivity index (χ4n) is 16.3. The van der Waals surface area contributed by atoms with Crippen molar-refractivity contribution in [2.24, 2.45) is 0 Å². The number of hydrogen-bond donors (Lipinski definition) is 0. The average Bonchev–Trinajstić information content (AvgIpc) is 1.32. The third-order valence-corrected chi connectivity index (χ3v) is 21.2. The minimum absolute atomic E-state index is 0.0296. The van der Waals surface area contributed by atoms with Gasteiger partial charge in [-0.25, -0.2) is 0 Å². The summed E-state index contributed by atoms with van der Waals surface area (Å²) >= 11 is 0. The van der Waals surface area contributed by atoms with E-state index in [9.17, 15) is 0 Å². The van der Waals surface area contributed by atoms with Crippen LogP contribution in [0.25, 0.3) is 77.2 Å². The summed E-state index contributed by atoms with van der Waals surface area (Å²) in [5.74, 6) is 1.83. The molecule has 0 unspecified atom stereocenters. The highest BCUT2D eigenvalue weighted by atomic mass is 16.5. The van der Waals surface area contributed by atoms with Gasteiger partial charge < -0.3 is 18.8 Å². The van der Waals surface area contributed by atoms with Crippen molar-refractivity contribution in [1.82, 2.24) is 9.13 Å². The lowest BCUT2D eigenvalue weighted by Crippen LogP contribution is -2.63. The van der Waals surface area contributed by atoms with E-state index in [0.717, 1.165) is 22.9 Å². The molecule has 0 atom stereocenters. The minimum Gasteiger partial charge on any atom is -0.458 e. The van der Waals surface area contributed by atoms with E-state index in [0.29, 0.717) is 0 Å². The normalized spacial score (nSPS) is 14.2. The van der Waals surface area contributed by atoms with Crippen molar-refractivity contribution >= 4 is 107 Å². The summed E-state index contributed by atoms with van der Waals surface area (Å²) in [5.41, 5.74) is 35.1. The minimum atomic E-state index is -0.140. The van der Waals surface area contributed by atoms with E-state index in [1.165, 1.54) is 166 Å². The van der Waals surface area contributed by atoms with Crippen molar-refractivity contribution in [2.45, 2.75) is 159 Å². The van der Waals surface area contributed by atoms with Crippen LogP contribution in [0.2, 0.25) is 0 Å². The molecule has 4 nitrogen and oxygen atoms in total. The van der Waals surface area contributed by atoms with Crippen molar-refractivity contribution in [3.8, 4) is 45.1 Å². The van der Waals surface area contributed by atoms with Gasteiger partial charge in [0.25, 0.3) is 13.4 Å². The molecule has 10 aromatic carbocycles. The third kappa shape index (κ3) is 8.14. The molecule has 12 aromatic rings. The summed E-state index contributed by atoms with van der Waals surface area (Å²) < 4.78 is 13.2. The SMILES string of the molecule is Cc1cccc(C)c1-c1cc2c3c(c1)-n1c4ccc(C(C)(C)C)cc4c4cc(C(C)(C)C)cc(c41)B3c1cc3c(cc1O2)N(c1ccc(C(C)(C)C)cc1)c1cc(-c2c(C)cccc2C)cc2c1B3c1cc(C(C)(C)C)cc3c4cc(C(C)(C)C)ccc4n-2c13. The lowest BCUT2D eigenvalue weighted by molar-refractivity contribution is 0.487. The fourth-order valence-corrected chi connectivity index (χ4v) is 16.3. The number of ether oxygens (including phenoxy) is 1. The van der Waals surface area contributed by atoms with Crippen LogP contribution < -0.4 is 42.4 Å². The lowest BCUT2D eigenvalue weighted by atomic mass is 9.30. The highest BCUT2D eigenvalue weighted by Gasteiger charge is 2.48. The molecular weight excluding hydrogens is 1090 g/mol. The van der Waals surface area contributed by atoms with E-state index in [2.05, 4.69) is 303 Å². The highest BCUT2D eigenvalue weighted by Crippen LogP contribution is 2.49. The first-order valence-corrected chi connectivity index (χ1v) is 33.0. The van der Waals surface area contributed by atoms with E-state index in [4.69, 9.17) is 4.74 Å². The predicted molar refractivity (Wildman–Crippen MR) is 389 cm³/mol. The summed E-state index contributed by atoms with van der Waals surface area (Å²) in [6, 6.07) is 63.0. The van der Waals surface area contributed by atoms with Crippen LogP contribution in [-0.2, 0) is 27.1 Å². The molecule has 0 saturated carbocycles. The van der Waals surface area contributed by atoms with Crippen LogP contribution in [0.4, 0.5) is 17.1 Å². The zero-order valence-electron chi connectivity index (χ0n) is 56.4. The Hall–Kier alpha value is -8.47. The van der Waals surface area contributed by atoms with Gasteiger partial charge in [0.2, 0.25) is 0 Å². The molecule has 4 aliphatic rings. The summed E-state index contributed by atoms with van der Waals surface area (Å²) in [7, 11) is 0. The lowest BCUT2D eigenvalue weighted by Gasteiger charge is -2.42. The molecule has 0 amide bonds. The van der Waals surface area contributed by atoms with E-state index < -0.39 is 0 Å². The molecule has 446 valence electrons. The highest BCUT2D eigenvalue weighted by molar-refractivity contribution is 7.02. The summed E-state index contributed by atoms with van der Waals surface area (Å²) in [4.78, 5) is 2.62. The molecule has 0 fully saturated rings. The standard InChI is InChI=1S/C84H83B2N3O/c1-46-22-20-23-47(2)74(46)50-34-69-76-70(35-50)88-66-32-28-53(81(8,9)10)38-58(66)60-40-55(83(14,15)16)42-64(78(60)88)85(76)62-44-63-72(45-68(62)87(69)57-30-26-52(27-31-57)80(5,6)7)90-73-37-51(75-48(3)24-21-25-49(75)4)36-71-77(73)86(63)65-43-56(84(17,18)19)41-61-59-39-54(82(11,12)13)29-33-67(59)89(71)79(61)65/h20-45H,1-19H3. The van der Waals surface area contributed by atoms with Crippen molar-refractivity contribution in [3.05, 3.63) is 208 Å². The maximum absolute atomic E-state index is 7.87. The van der Waals surface area contributed by atoms with Gasteiger partial charge in [-0.3, -0.25) is 0 Å². The van der Waals surface area contributed by atoms with Gasteiger partial charge in [-0.05, 0) is 233 Å². The zero-order chi connectivity index (χ0) is 63.1. The monoisotopic (exact) mass is 1170 g/mol. The molecule has 16 rings (SSSR count). The van der Waals surface area contributed by atoms with Crippen LogP contribution >= 0.6 is 0 Å². The first-order chi connectivity index (χ1) is 42.4. The number of benzene rings is 10. The first kappa shape index (κ1) is 56.7. The zero-order valence-corrected chi connectivity index (χ0v) is 56.4. The van der Waals surface area contributed by atoms with Crippen LogP contribution in [0.5, 0.6) is 11.5 Å². The molecule has 0 radical (unpaired) electrons. The van der Waals surface area contributed by atoms with Crippen molar-refractivity contribution in [1.29, 1.82) is 0 Å². The number of nitrogens with zero attached hydrogens (tertiary/aromatic N) is 3. The van der Waals surface area contributed by atoms with Crippen LogP contribution in [0, 0.1) is 27.7 Å². The van der Waals surface area contributed by atoms with Gasteiger partial charge in [0.05, 0.1) is 11.0 Å². The Kier molecular flexibility index (Phi) is 11.7. The molecule has 4 aliphatic heterocycles.